The maximum absolute atomic E-state index is 13.7. The van der Waals surface area contributed by atoms with E-state index in [1.165, 1.54) is 12.1 Å². The molecule has 150 valence electrons. The van der Waals surface area contributed by atoms with Gasteiger partial charge < -0.3 is 5.31 Å². The highest BCUT2D eigenvalue weighted by atomic mass is 32.1. The zero-order chi connectivity index (χ0) is 29.8. The van der Waals surface area contributed by atoms with E-state index in [-0.39, 0.29) is 47.5 Å². The highest BCUT2D eigenvalue weighted by Gasteiger charge is 2.21. The fraction of sp³-hybridized carbons (Fsp3) is 0.409. The number of piperidine rings is 1. The van der Waals surface area contributed by atoms with E-state index in [1.54, 1.807) is 11.0 Å². The Hall–Kier alpha value is -2.56. The third-order valence-corrected chi connectivity index (χ3v) is 5.55. The molecular formula is C22H24FN5S. The Kier molecular flexibility index (Phi) is 3.04. The molecule has 1 atom stereocenters. The van der Waals surface area contributed by atoms with Crippen LogP contribution < -0.4 is 5.31 Å². The zero-order valence-electron chi connectivity index (χ0n) is 26.2. The number of thiophene rings is 1. The summed E-state index contributed by atoms with van der Waals surface area (Å²) < 4.78 is 104. The van der Waals surface area contributed by atoms with Crippen molar-refractivity contribution in [1.29, 1.82) is 5.26 Å². The van der Waals surface area contributed by atoms with Crippen molar-refractivity contribution >= 4 is 27.4 Å². The van der Waals surface area contributed by atoms with Gasteiger partial charge in [-0.05, 0) is 42.5 Å². The van der Waals surface area contributed by atoms with Crippen LogP contribution in [0.1, 0.15) is 62.2 Å². The number of halogens is 1. The fourth-order valence-corrected chi connectivity index (χ4v) is 3.87. The molecule has 1 aliphatic heterocycles. The first kappa shape index (κ1) is 10.5. The standard InChI is InChI=1S/C22H24FN5S/c1-14(2)20-10-18-21(25-13-26-22(18)29-20)27-17-5-7-28(8-6-17)12-15-3-4-19(23)16(9-15)11-24/h3-4,9-10,13-14,17H,5-8,12H2,1-2H3,(H,25,26,27)/i1D3,2D3,10D,12D,14D,17D/hD. The fourth-order valence-electron chi connectivity index (χ4n) is 3.07. The second kappa shape index (κ2) is 8.44. The average molecular weight is 421 g/mol. The zero-order valence-corrected chi connectivity index (χ0v) is 16.1. The van der Waals surface area contributed by atoms with E-state index in [0.717, 1.165) is 17.7 Å². The lowest BCUT2D eigenvalue weighted by molar-refractivity contribution is 0.211. The minimum absolute atomic E-state index is 0.0178. The van der Waals surface area contributed by atoms with Gasteiger partial charge in [0, 0.05) is 41.5 Å². The molecule has 5 nitrogen and oxygen atoms in total. The first-order valence-electron chi connectivity index (χ1n) is 14.4. The third kappa shape index (κ3) is 4.39. The van der Waals surface area contributed by atoms with Gasteiger partial charge in [-0.15, -0.1) is 11.3 Å². The summed E-state index contributed by atoms with van der Waals surface area (Å²) in [6.45, 7) is -7.17. The molecule has 0 bridgehead atoms. The Morgan fingerprint density at radius 3 is 3.14 bits per heavy atom. The highest BCUT2D eigenvalue weighted by Crippen LogP contribution is 2.33. The molecule has 0 amide bonds. The van der Waals surface area contributed by atoms with Gasteiger partial charge in [0.05, 0.1) is 13.7 Å². The van der Waals surface area contributed by atoms with Gasteiger partial charge in [0.25, 0.3) is 0 Å². The van der Waals surface area contributed by atoms with E-state index in [2.05, 4.69) is 9.97 Å². The van der Waals surface area contributed by atoms with Crippen LogP contribution in [0.2, 0.25) is 1.41 Å². The van der Waals surface area contributed by atoms with Crippen molar-refractivity contribution in [2.45, 2.75) is 45.0 Å². The highest BCUT2D eigenvalue weighted by molar-refractivity contribution is 7.18. The smallest absolute Gasteiger partial charge is 0.162 e. The molecule has 4 rings (SSSR count). The molecule has 0 saturated carbocycles. The van der Waals surface area contributed by atoms with Crippen molar-refractivity contribution in [2.24, 2.45) is 0 Å². The molecule has 0 spiro atoms. The predicted octanol–water partition coefficient (Wildman–Crippen LogP) is 4.90. The van der Waals surface area contributed by atoms with E-state index in [0.29, 0.717) is 16.9 Å². The number of likely N-dealkylation sites (tertiary alicyclic amines) is 1. The molecule has 1 saturated heterocycles. The summed E-state index contributed by atoms with van der Waals surface area (Å²) in [6.07, 6.45) is 1.18. The number of anilines is 1. The number of aromatic nitrogens is 2. The van der Waals surface area contributed by atoms with E-state index in [9.17, 15) is 4.39 Å². The topological polar surface area (TPSA) is 64.8 Å². The first-order chi connectivity index (χ1) is 18.5. The monoisotopic (exact) mass is 420 g/mol. The second-order valence-electron chi connectivity index (χ2n) is 6.50. The molecule has 1 aliphatic rings. The summed E-state index contributed by atoms with van der Waals surface area (Å²) in [4.78, 5) is 9.27. The van der Waals surface area contributed by atoms with Gasteiger partial charge in [-0.2, -0.15) is 5.26 Å². The maximum atomic E-state index is 13.7. The lowest BCUT2D eigenvalue weighted by atomic mass is 10.0. The van der Waals surface area contributed by atoms with Crippen molar-refractivity contribution in [3.63, 3.8) is 0 Å². The first-order valence-corrected chi connectivity index (χ1v) is 9.67. The van der Waals surface area contributed by atoms with Crippen molar-refractivity contribution in [2.75, 3.05) is 18.4 Å². The molecular weight excluding hydrogens is 385 g/mol. The minimum Gasteiger partial charge on any atom is -0.367 e. The summed E-state index contributed by atoms with van der Waals surface area (Å²) in [5.74, 6) is -4.00. The summed E-state index contributed by atoms with van der Waals surface area (Å²) >= 11 is 0.568. The van der Waals surface area contributed by atoms with E-state index in [4.69, 9.17) is 20.4 Å². The van der Waals surface area contributed by atoms with Crippen LogP contribution in [0, 0.1) is 17.1 Å². The van der Waals surface area contributed by atoms with Crippen molar-refractivity contribution in [3.8, 4) is 6.07 Å². The summed E-state index contributed by atoms with van der Waals surface area (Å²) in [6, 6.07) is 3.41. The number of hydrogen-bond acceptors (Lipinski definition) is 6. The molecule has 1 unspecified atom stereocenters. The molecule has 1 aromatic carbocycles. The van der Waals surface area contributed by atoms with Crippen LogP contribution in [0.25, 0.3) is 10.2 Å². The minimum atomic E-state index is -3.31. The van der Waals surface area contributed by atoms with Crippen LogP contribution in [0.15, 0.2) is 30.6 Å². The number of nitrogens with one attached hydrogen (secondary N) is 1. The van der Waals surface area contributed by atoms with E-state index in [1.807, 2.05) is 0 Å². The summed E-state index contributed by atoms with van der Waals surface area (Å²) in [5.41, 5.74) is 0.226. The maximum Gasteiger partial charge on any atom is 0.162 e. The Labute approximate surface area is 189 Å². The predicted molar refractivity (Wildman–Crippen MR) is 115 cm³/mol. The van der Waals surface area contributed by atoms with Gasteiger partial charge in [0.15, 0.2) is 1.41 Å². The van der Waals surface area contributed by atoms with Crippen LogP contribution in [0.5, 0.6) is 0 Å². The van der Waals surface area contributed by atoms with Crippen LogP contribution in [0.3, 0.4) is 0 Å². The van der Waals surface area contributed by atoms with Gasteiger partial charge in [-0.25, -0.2) is 14.4 Å². The number of rotatable bonds is 5. The molecule has 7 heteroatoms. The lowest BCUT2D eigenvalue weighted by Crippen LogP contribution is -2.38. The van der Waals surface area contributed by atoms with Crippen LogP contribution in [0.4, 0.5) is 10.2 Å². The normalized spacial score (nSPS) is 24.6. The van der Waals surface area contributed by atoms with Crippen molar-refractivity contribution in [3.05, 3.63) is 52.4 Å². The molecule has 3 aromatic rings. The number of nitriles is 1. The molecule has 2 aromatic heterocycles. The molecule has 29 heavy (non-hydrogen) atoms. The molecule has 0 radical (unpaired) electrons. The second-order valence-corrected chi connectivity index (χ2v) is 7.50. The quantitative estimate of drug-likeness (QED) is 0.636. The van der Waals surface area contributed by atoms with Crippen LogP contribution in [-0.2, 0) is 6.52 Å². The number of nitrogens with zero attached hydrogens (tertiary/aromatic N) is 4. The molecule has 1 fully saturated rings. The van der Waals surface area contributed by atoms with Gasteiger partial charge in [-0.3, -0.25) is 4.90 Å². The number of fused-ring (bicyclic) bond motifs is 1. The van der Waals surface area contributed by atoms with Gasteiger partial charge in [0.2, 0.25) is 0 Å². The molecule has 0 aliphatic carbocycles. The Morgan fingerprint density at radius 2 is 2.38 bits per heavy atom. The average Bonchev–Trinajstić information content (AvgIpc) is 3.23. The summed E-state index contributed by atoms with van der Waals surface area (Å²) in [7, 11) is 0. The Bertz CT molecular complexity index is 1450. The van der Waals surface area contributed by atoms with E-state index < -0.39 is 48.9 Å². The largest absolute Gasteiger partial charge is 0.367 e. The lowest BCUT2D eigenvalue weighted by Gasteiger charge is -2.32. The van der Waals surface area contributed by atoms with Crippen LogP contribution in [-0.4, -0.2) is 34.0 Å². The van der Waals surface area contributed by atoms with Crippen LogP contribution >= 0.6 is 11.3 Å². The number of benzene rings is 1. The Morgan fingerprint density at radius 1 is 1.55 bits per heavy atom. The van der Waals surface area contributed by atoms with Gasteiger partial charge >= 0.3 is 0 Å². The number of hydrogen-bond donors (Lipinski definition) is 1. The van der Waals surface area contributed by atoms with Crippen molar-refractivity contribution in [1.82, 2.24) is 14.9 Å². The molecule has 3 heterocycles. The Balaban J connectivity index is 1.64. The van der Waals surface area contributed by atoms with Gasteiger partial charge in [0.1, 0.15) is 28.9 Å². The third-order valence-electron chi connectivity index (χ3n) is 4.54. The SMILES string of the molecule is [2H]c1c(C([2H])(C([2H])([2H])[2H])C([2H])([2H])[2H])sc2ncnc(N([2H])C3([2H])CCN(C([2H])c4ccc(F)c(C#N)c4)CC3)c12. The molecule has 1 N–H and O–H groups in total. The van der Waals surface area contributed by atoms with E-state index >= 15 is 0 Å². The van der Waals surface area contributed by atoms with Crippen molar-refractivity contribution < 1.29 is 19.5 Å². The summed E-state index contributed by atoms with van der Waals surface area (Å²) in [5, 5.41) is 9.75. The van der Waals surface area contributed by atoms with Gasteiger partial charge in [-0.1, -0.05) is 19.8 Å².